The predicted molar refractivity (Wildman–Crippen MR) is 61.8 cm³/mol. The summed E-state index contributed by atoms with van der Waals surface area (Å²) in [5, 5.41) is 9.61. The van der Waals surface area contributed by atoms with Crippen LogP contribution in [-0.4, -0.2) is 38.4 Å². The van der Waals surface area contributed by atoms with Crippen LogP contribution < -0.4 is 11.2 Å². The minimum absolute atomic E-state index is 0.150. The third kappa shape index (κ3) is 2.80. The molecule has 0 radical (unpaired) electrons. The number of hydrogen-bond acceptors (Lipinski definition) is 6. The Bertz CT molecular complexity index is 609. The highest BCUT2D eigenvalue weighted by molar-refractivity contribution is 7.32. The van der Waals surface area contributed by atoms with E-state index in [0.717, 1.165) is 4.57 Å². The fourth-order valence-corrected chi connectivity index (χ4v) is 2.27. The molecule has 1 fully saturated rings. The van der Waals surface area contributed by atoms with Crippen LogP contribution in [-0.2, 0) is 13.8 Å². The Morgan fingerprint density at radius 1 is 1.58 bits per heavy atom. The fraction of sp³-hybridized carbons (Fsp3) is 0.556. The average Bonchev–Trinajstić information content (AvgIpc) is 2.65. The van der Waals surface area contributed by atoms with Crippen molar-refractivity contribution < 1.29 is 23.8 Å². The van der Waals surface area contributed by atoms with E-state index in [0.29, 0.717) is 0 Å². The van der Waals surface area contributed by atoms with E-state index in [2.05, 4.69) is 9.51 Å². The highest BCUT2D eigenvalue weighted by Crippen LogP contribution is 2.32. The first-order chi connectivity index (χ1) is 8.90. The van der Waals surface area contributed by atoms with E-state index in [1.54, 1.807) is 0 Å². The van der Waals surface area contributed by atoms with Gasteiger partial charge in [-0.25, -0.2) is 4.79 Å². The van der Waals surface area contributed by atoms with Gasteiger partial charge in [-0.05, 0) is 6.92 Å². The first-order valence-electron chi connectivity index (χ1n) is 5.35. The van der Waals surface area contributed by atoms with Gasteiger partial charge in [-0.1, -0.05) is 0 Å². The number of nitrogens with one attached hydrogen (secondary N) is 1. The summed E-state index contributed by atoms with van der Waals surface area (Å²) in [5.74, 6) is 0. The molecule has 1 saturated heterocycles. The number of aromatic amines is 1. The summed E-state index contributed by atoms with van der Waals surface area (Å²) in [4.78, 5) is 33.7. The zero-order chi connectivity index (χ0) is 14.2. The summed E-state index contributed by atoms with van der Waals surface area (Å²) in [5.41, 5.74) is -1.03. The summed E-state index contributed by atoms with van der Waals surface area (Å²) in [6.07, 6.45) is -2.15. The third-order valence-corrected chi connectivity index (χ3v) is 3.15. The number of H-pyrrole nitrogens is 1. The number of aryl methyl sites for hydroxylation is 1. The van der Waals surface area contributed by atoms with Crippen LogP contribution >= 0.6 is 8.25 Å². The molecule has 9 nitrogen and oxygen atoms in total. The van der Waals surface area contributed by atoms with Crippen molar-refractivity contribution in [1.82, 2.24) is 9.55 Å². The van der Waals surface area contributed by atoms with E-state index in [4.69, 9.17) is 9.63 Å². The molecule has 1 aliphatic rings. The third-order valence-electron chi connectivity index (χ3n) is 2.73. The molecular formula is C9H12N2O7P+. The van der Waals surface area contributed by atoms with Crippen LogP contribution in [0.3, 0.4) is 0 Å². The molecular weight excluding hydrogens is 279 g/mol. The quantitative estimate of drug-likeness (QED) is 0.594. The van der Waals surface area contributed by atoms with Crippen molar-refractivity contribution in [3.8, 4) is 0 Å². The first kappa shape index (κ1) is 14.0. The molecule has 0 aliphatic carbocycles. The molecule has 10 heteroatoms. The maximum absolute atomic E-state index is 11.7. The number of ether oxygens (including phenoxy) is 1. The van der Waals surface area contributed by atoms with E-state index in [1.165, 1.54) is 13.1 Å². The number of rotatable bonds is 3. The lowest BCUT2D eigenvalue weighted by Gasteiger charge is -2.17. The summed E-state index contributed by atoms with van der Waals surface area (Å²) in [6.45, 7) is 1.34. The highest BCUT2D eigenvalue weighted by Gasteiger charge is 2.44. The monoisotopic (exact) mass is 291 g/mol. The van der Waals surface area contributed by atoms with Crippen LogP contribution in [0.5, 0.6) is 0 Å². The molecule has 1 aromatic rings. The van der Waals surface area contributed by atoms with E-state index in [-0.39, 0.29) is 12.2 Å². The predicted octanol–water partition coefficient (Wildman–Crippen LogP) is -1.23. The molecule has 0 saturated carbocycles. The molecule has 0 spiro atoms. The number of aliphatic hydroxyl groups is 1. The standard InChI is InChI=1S/C9H11N2O7P/c1-4-2-11(9(14)10-7(4)13)8-6(18-19(15)16)5(12)3-17-8/h2,5-6,8,12H,3H2,1H3,(H-,10,13,14,15,16)/p+1/t5?,6-,8+/m0/s1. The van der Waals surface area contributed by atoms with Crippen LogP contribution in [0.15, 0.2) is 15.8 Å². The Kier molecular flexibility index (Phi) is 3.93. The minimum atomic E-state index is -2.96. The summed E-state index contributed by atoms with van der Waals surface area (Å²) < 4.78 is 21.5. The van der Waals surface area contributed by atoms with Crippen LogP contribution in [0.25, 0.3) is 0 Å². The molecule has 0 bridgehead atoms. The van der Waals surface area contributed by atoms with Crippen LogP contribution in [0.4, 0.5) is 0 Å². The van der Waals surface area contributed by atoms with Crippen molar-refractivity contribution in [1.29, 1.82) is 0 Å². The number of aliphatic hydroxyl groups excluding tert-OH is 1. The lowest BCUT2D eigenvalue weighted by atomic mass is 10.2. The van der Waals surface area contributed by atoms with Crippen molar-refractivity contribution >= 4 is 8.25 Å². The van der Waals surface area contributed by atoms with Crippen molar-refractivity contribution in [2.45, 2.75) is 25.4 Å². The average molecular weight is 291 g/mol. The van der Waals surface area contributed by atoms with Gasteiger partial charge in [0.1, 0.15) is 6.10 Å². The molecule has 0 amide bonds. The zero-order valence-corrected chi connectivity index (χ0v) is 10.7. The smallest absolute Gasteiger partial charge is 0.388 e. The molecule has 19 heavy (non-hydrogen) atoms. The van der Waals surface area contributed by atoms with Crippen molar-refractivity contribution in [3.63, 3.8) is 0 Å². The largest absolute Gasteiger partial charge is 0.695 e. The van der Waals surface area contributed by atoms with Gasteiger partial charge < -0.3 is 9.84 Å². The topological polar surface area (TPSA) is 131 Å². The molecule has 2 rings (SSSR count). The molecule has 104 valence electrons. The molecule has 1 aromatic heterocycles. The SMILES string of the molecule is Cc1cn([C@@H]2OCC(O)[C@@H]2O[P+](=O)O)c(=O)[nH]c1=O. The molecule has 1 aliphatic heterocycles. The normalized spacial score (nSPS) is 27.5. The Morgan fingerprint density at radius 2 is 2.26 bits per heavy atom. The molecule has 2 unspecified atom stereocenters. The van der Waals surface area contributed by atoms with Crippen LogP contribution in [0.1, 0.15) is 11.8 Å². The fourth-order valence-electron chi connectivity index (χ4n) is 1.82. The Morgan fingerprint density at radius 3 is 2.89 bits per heavy atom. The van der Waals surface area contributed by atoms with Gasteiger partial charge in [-0.15, -0.1) is 9.42 Å². The van der Waals surface area contributed by atoms with Gasteiger partial charge in [-0.2, -0.15) is 0 Å². The molecule has 2 heterocycles. The van der Waals surface area contributed by atoms with Crippen LogP contribution in [0.2, 0.25) is 0 Å². The summed E-state index contributed by atoms with van der Waals surface area (Å²) >= 11 is 0. The van der Waals surface area contributed by atoms with Gasteiger partial charge in [0.25, 0.3) is 5.56 Å². The van der Waals surface area contributed by atoms with E-state index >= 15 is 0 Å². The second-order valence-electron chi connectivity index (χ2n) is 4.08. The minimum Gasteiger partial charge on any atom is -0.388 e. The Balaban J connectivity index is 2.40. The molecule has 4 atom stereocenters. The second-order valence-corrected chi connectivity index (χ2v) is 4.76. The van der Waals surface area contributed by atoms with Gasteiger partial charge >= 0.3 is 13.9 Å². The summed E-state index contributed by atoms with van der Waals surface area (Å²) in [7, 11) is -2.96. The lowest BCUT2D eigenvalue weighted by Crippen LogP contribution is -2.38. The molecule has 3 N–H and O–H groups in total. The van der Waals surface area contributed by atoms with Crippen molar-refractivity contribution in [3.05, 3.63) is 32.6 Å². The number of hydrogen-bond donors (Lipinski definition) is 3. The van der Waals surface area contributed by atoms with Gasteiger partial charge in [0.15, 0.2) is 12.3 Å². The number of nitrogens with zero attached hydrogens (tertiary/aromatic N) is 1. The van der Waals surface area contributed by atoms with Gasteiger partial charge in [-0.3, -0.25) is 14.3 Å². The summed E-state index contributed by atoms with van der Waals surface area (Å²) in [6, 6.07) is 0. The Labute approximate surface area is 107 Å². The van der Waals surface area contributed by atoms with E-state index in [9.17, 15) is 19.3 Å². The van der Waals surface area contributed by atoms with Crippen molar-refractivity contribution in [2.75, 3.05) is 6.61 Å². The Hall–Kier alpha value is -1.38. The maximum Gasteiger partial charge on any atom is 0.695 e. The molecule has 0 aromatic carbocycles. The second kappa shape index (κ2) is 5.32. The number of aromatic nitrogens is 2. The van der Waals surface area contributed by atoms with Gasteiger partial charge in [0, 0.05) is 16.3 Å². The van der Waals surface area contributed by atoms with Crippen LogP contribution in [0, 0.1) is 6.92 Å². The lowest BCUT2D eigenvalue weighted by molar-refractivity contribution is -0.00917. The highest BCUT2D eigenvalue weighted by atomic mass is 31.1. The van der Waals surface area contributed by atoms with E-state index in [1.807, 2.05) is 0 Å². The van der Waals surface area contributed by atoms with Gasteiger partial charge in [0.05, 0.1) is 6.61 Å². The van der Waals surface area contributed by atoms with E-state index < -0.39 is 37.9 Å². The zero-order valence-electron chi connectivity index (χ0n) is 9.85. The maximum atomic E-state index is 11.7. The van der Waals surface area contributed by atoms with Crippen molar-refractivity contribution in [2.24, 2.45) is 0 Å². The van der Waals surface area contributed by atoms with Gasteiger partial charge in [0.2, 0.25) is 0 Å². The first-order valence-corrected chi connectivity index (χ1v) is 6.48.